The first-order chi connectivity index (χ1) is 8.93. The van der Waals surface area contributed by atoms with Crippen molar-refractivity contribution in [2.45, 2.75) is 0 Å². The molecule has 0 nitrogen and oxygen atoms in total. The highest BCUT2D eigenvalue weighted by Crippen LogP contribution is 2.42. The highest BCUT2D eigenvalue weighted by atomic mass is 14.2. The molecule has 0 spiro atoms. The van der Waals surface area contributed by atoms with Gasteiger partial charge in [0.2, 0.25) is 0 Å². The van der Waals surface area contributed by atoms with Crippen molar-refractivity contribution in [3.63, 3.8) is 0 Å². The summed E-state index contributed by atoms with van der Waals surface area (Å²) >= 11 is 0. The van der Waals surface area contributed by atoms with Gasteiger partial charge in [0.1, 0.15) is 0 Å². The van der Waals surface area contributed by atoms with E-state index >= 15 is 0 Å². The zero-order chi connectivity index (χ0) is 11.9. The largest absolute Gasteiger partial charge is 0.0622 e. The molecular formula is C18H12. The summed E-state index contributed by atoms with van der Waals surface area (Å²) in [6, 6.07) is 26.0. The molecular weight excluding hydrogens is 216 g/mol. The predicted octanol–water partition coefficient (Wildman–Crippen LogP) is 5.05. The maximum atomic E-state index is 2.30. The van der Waals surface area contributed by atoms with E-state index in [1.165, 1.54) is 33.0 Å². The summed E-state index contributed by atoms with van der Waals surface area (Å²) in [6.45, 7) is 0. The first-order valence-corrected chi connectivity index (χ1v) is 6.23. The maximum absolute atomic E-state index is 2.30. The second kappa shape index (κ2) is 3.58. The van der Waals surface area contributed by atoms with E-state index in [0.717, 1.165) is 0 Å². The molecule has 0 amide bonds. The average molecular weight is 228 g/mol. The van der Waals surface area contributed by atoms with Crippen molar-refractivity contribution in [2.75, 3.05) is 0 Å². The molecule has 0 saturated heterocycles. The Morgan fingerprint density at radius 3 is 1.39 bits per heavy atom. The van der Waals surface area contributed by atoms with Crippen molar-refractivity contribution in [1.82, 2.24) is 0 Å². The standard InChI is InChI=1S/C18H12/c1-3-7-13-11-18-16-10-6-2-4-8-14(16)12-17(18)15(13)9-5-1/h1-12H. The second-order valence-corrected chi connectivity index (χ2v) is 4.68. The number of hydrogen-bond donors (Lipinski definition) is 0. The molecule has 0 unspecified atom stereocenters. The van der Waals surface area contributed by atoms with Crippen molar-refractivity contribution >= 4 is 10.8 Å². The van der Waals surface area contributed by atoms with Crippen LogP contribution < -0.4 is 0 Å². The molecule has 4 aliphatic rings. The molecule has 4 aliphatic carbocycles. The van der Waals surface area contributed by atoms with Gasteiger partial charge in [-0.1, -0.05) is 60.7 Å². The molecule has 0 saturated carbocycles. The second-order valence-electron chi connectivity index (χ2n) is 4.68. The monoisotopic (exact) mass is 228 g/mol. The quantitative estimate of drug-likeness (QED) is 0.395. The highest BCUT2D eigenvalue weighted by Gasteiger charge is 2.15. The lowest BCUT2D eigenvalue weighted by atomic mass is 10.1. The van der Waals surface area contributed by atoms with Gasteiger partial charge < -0.3 is 0 Å². The Kier molecular flexibility index (Phi) is 1.92. The van der Waals surface area contributed by atoms with Gasteiger partial charge in [0.15, 0.2) is 0 Å². The van der Waals surface area contributed by atoms with E-state index in [2.05, 4.69) is 72.8 Å². The zero-order valence-electron chi connectivity index (χ0n) is 9.93. The summed E-state index contributed by atoms with van der Waals surface area (Å²) in [7, 11) is 0. The Balaban J connectivity index is 2.21. The topological polar surface area (TPSA) is 0 Å². The van der Waals surface area contributed by atoms with Crippen LogP contribution in [0.15, 0.2) is 72.8 Å². The Hall–Kier alpha value is -2.34. The highest BCUT2D eigenvalue weighted by molar-refractivity contribution is 6.12. The third-order valence-electron chi connectivity index (χ3n) is 3.61. The summed E-state index contributed by atoms with van der Waals surface area (Å²) < 4.78 is 0. The Bertz CT molecular complexity index is 714. The molecule has 0 atom stereocenters. The fourth-order valence-electron chi connectivity index (χ4n) is 2.78. The summed E-state index contributed by atoms with van der Waals surface area (Å²) in [5.74, 6) is 0. The molecule has 0 aromatic heterocycles. The van der Waals surface area contributed by atoms with Crippen LogP contribution >= 0.6 is 0 Å². The van der Waals surface area contributed by atoms with Crippen LogP contribution in [0.5, 0.6) is 0 Å². The third-order valence-corrected chi connectivity index (χ3v) is 3.61. The normalized spacial score (nSPS) is 11.3. The summed E-state index contributed by atoms with van der Waals surface area (Å²) in [5.41, 5.74) is 5.32. The van der Waals surface area contributed by atoms with E-state index in [1.54, 1.807) is 0 Å². The summed E-state index contributed by atoms with van der Waals surface area (Å²) in [4.78, 5) is 0. The van der Waals surface area contributed by atoms with Crippen LogP contribution in [0.2, 0.25) is 0 Å². The number of hydrogen-bond acceptors (Lipinski definition) is 0. The molecule has 0 N–H and O–H groups in total. The molecule has 0 radical (unpaired) electrons. The van der Waals surface area contributed by atoms with Crippen LogP contribution in [0.1, 0.15) is 0 Å². The lowest BCUT2D eigenvalue weighted by Gasteiger charge is -1.92. The minimum Gasteiger partial charge on any atom is -0.0622 e. The molecule has 84 valence electrons. The van der Waals surface area contributed by atoms with E-state index in [9.17, 15) is 0 Å². The predicted molar refractivity (Wildman–Crippen MR) is 77.2 cm³/mol. The van der Waals surface area contributed by atoms with E-state index < -0.39 is 0 Å². The maximum Gasteiger partial charge on any atom is -0.00928 e. The molecule has 4 rings (SSSR count). The van der Waals surface area contributed by atoms with Crippen molar-refractivity contribution in [2.24, 2.45) is 0 Å². The van der Waals surface area contributed by atoms with Crippen LogP contribution in [-0.2, 0) is 0 Å². The Morgan fingerprint density at radius 2 is 0.889 bits per heavy atom. The van der Waals surface area contributed by atoms with E-state index in [4.69, 9.17) is 0 Å². The van der Waals surface area contributed by atoms with Gasteiger partial charge in [0, 0.05) is 0 Å². The molecule has 0 aromatic rings. The fraction of sp³-hybridized carbons (Fsp3) is 0. The van der Waals surface area contributed by atoms with Crippen molar-refractivity contribution in [3.05, 3.63) is 72.8 Å². The van der Waals surface area contributed by atoms with Gasteiger partial charge >= 0.3 is 0 Å². The third kappa shape index (κ3) is 1.26. The van der Waals surface area contributed by atoms with Crippen LogP contribution in [0.3, 0.4) is 0 Å². The van der Waals surface area contributed by atoms with Gasteiger partial charge in [0.25, 0.3) is 0 Å². The molecule has 18 heavy (non-hydrogen) atoms. The minimum atomic E-state index is 1.32. The van der Waals surface area contributed by atoms with E-state index in [-0.39, 0.29) is 0 Å². The Labute approximate surface area is 106 Å². The van der Waals surface area contributed by atoms with Gasteiger partial charge in [-0.3, -0.25) is 0 Å². The van der Waals surface area contributed by atoms with Crippen LogP contribution in [0.4, 0.5) is 0 Å². The van der Waals surface area contributed by atoms with Gasteiger partial charge in [-0.25, -0.2) is 0 Å². The number of rotatable bonds is 0. The van der Waals surface area contributed by atoms with Gasteiger partial charge in [-0.15, -0.1) is 0 Å². The molecule has 0 aliphatic heterocycles. The van der Waals surface area contributed by atoms with Crippen LogP contribution in [0, 0.1) is 0 Å². The van der Waals surface area contributed by atoms with Crippen molar-refractivity contribution in [3.8, 4) is 22.3 Å². The number of fused-ring (bicyclic) bond motifs is 5. The SMILES string of the molecule is c1ccc2cc3c4cccccc-4cc3c-2cc1. The van der Waals surface area contributed by atoms with Crippen molar-refractivity contribution in [1.29, 1.82) is 0 Å². The van der Waals surface area contributed by atoms with E-state index in [1.807, 2.05) is 0 Å². The summed E-state index contributed by atoms with van der Waals surface area (Å²) in [6.07, 6.45) is 0. The lowest BCUT2D eigenvalue weighted by Crippen LogP contribution is -1.66. The van der Waals surface area contributed by atoms with Crippen molar-refractivity contribution < 1.29 is 0 Å². The molecule has 0 aromatic carbocycles. The summed E-state index contributed by atoms with van der Waals surface area (Å²) in [5, 5.41) is 2.73. The lowest BCUT2D eigenvalue weighted by molar-refractivity contribution is 1.81. The van der Waals surface area contributed by atoms with E-state index in [0.29, 0.717) is 0 Å². The zero-order valence-corrected chi connectivity index (χ0v) is 9.93. The van der Waals surface area contributed by atoms with Crippen LogP contribution in [-0.4, -0.2) is 0 Å². The first kappa shape index (κ1) is 9.67. The minimum absolute atomic E-state index is 1.32. The molecule has 0 bridgehead atoms. The van der Waals surface area contributed by atoms with Gasteiger partial charge in [-0.2, -0.15) is 0 Å². The smallest absolute Gasteiger partial charge is 0.00928 e. The van der Waals surface area contributed by atoms with Gasteiger partial charge in [-0.05, 0) is 45.2 Å². The first-order valence-electron chi connectivity index (χ1n) is 6.23. The Morgan fingerprint density at radius 1 is 0.444 bits per heavy atom. The molecule has 0 fully saturated rings. The molecule has 0 heterocycles. The molecule has 0 heteroatoms. The fourth-order valence-corrected chi connectivity index (χ4v) is 2.78. The van der Waals surface area contributed by atoms with Gasteiger partial charge in [0.05, 0.1) is 0 Å². The average Bonchev–Trinajstić information content (AvgIpc) is 2.69. The van der Waals surface area contributed by atoms with Crippen LogP contribution in [0.25, 0.3) is 33.0 Å².